The zero-order valence-corrected chi connectivity index (χ0v) is 16.4. The van der Waals surface area contributed by atoms with Crippen molar-refractivity contribution in [2.24, 2.45) is 5.92 Å². The van der Waals surface area contributed by atoms with Gasteiger partial charge in [-0.15, -0.1) is 0 Å². The highest BCUT2D eigenvalue weighted by Gasteiger charge is 2.45. The van der Waals surface area contributed by atoms with Crippen molar-refractivity contribution in [1.82, 2.24) is 4.90 Å². The van der Waals surface area contributed by atoms with Crippen LogP contribution in [-0.2, 0) is 15.7 Å². The van der Waals surface area contributed by atoms with Crippen molar-refractivity contribution < 1.29 is 36.6 Å². The van der Waals surface area contributed by atoms with Crippen LogP contribution in [0.4, 0.5) is 22.4 Å². The minimum absolute atomic E-state index is 0.106. The van der Waals surface area contributed by atoms with Crippen LogP contribution >= 0.6 is 0 Å². The molecule has 2 aliphatic rings. The van der Waals surface area contributed by atoms with Crippen LogP contribution in [0, 0.1) is 11.7 Å². The Morgan fingerprint density at radius 2 is 1.69 bits per heavy atom. The number of ether oxygens (including phenoxy) is 2. The average molecular weight is 417 g/mol. The molecule has 2 atom stereocenters. The van der Waals surface area contributed by atoms with Gasteiger partial charge in [0.15, 0.2) is 5.78 Å². The van der Waals surface area contributed by atoms with Gasteiger partial charge < -0.3 is 9.47 Å². The Balaban J connectivity index is 1.76. The fourth-order valence-electron chi connectivity index (χ4n) is 3.88. The smallest absolute Gasteiger partial charge is 0.419 e. The maximum absolute atomic E-state index is 13.9. The fraction of sp³-hybridized carbons (Fsp3) is 0.600. The molecule has 2 unspecified atom stereocenters. The monoisotopic (exact) mass is 417 g/mol. The molecule has 2 bridgehead atoms. The van der Waals surface area contributed by atoms with Gasteiger partial charge in [0.05, 0.1) is 30.9 Å². The highest BCUT2D eigenvalue weighted by atomic mass is 19.4. The van der Waals surface area contributed by atoms with Crippen molar-refractivity contribution in [2.75, 3.05) is 13.2 Å². The third kappa shape index (κ3) is 4.71. The van der Waals surface area contributed by atoms with E-state index in [2.05, 4.69) is 0 Å². The molecule has 0 aromatic heterocycles. The molecule has 0 saturated carbocycles. The summed E-state index contributed by atoms with van der Waals surface area (Å²) in [7, 11) is 0. The first kappa shape index (κ1) is 21.5. The number of carbonyl (C=O) groups is 2. The number of amides is 1. The van der Waals surface area contributed by atoms with Crippen molar-refractivity contribution in [1.29, 1.82) is 0 Å². The number of benzene rings is 1. The van der Waals surface area contributed by atoms with Crippen LogP contribution in [0.3, 0.4) is 0 Å². The number of hydrogen-bond donors (Lipinski definition) is 0. The van der Waals surface area contributed by atoms with E-state index in [9.17, 15) is 27.2 Å². The maximum atomic E-state index is 13.9. The van der Waals surface area contributed by atoms with E-state index in [1.807, 2.05) is 0 Å². The van der Waals surface area contributed by atoms with E-state index in [-0.39, 0.29) is 43.7 Å². The summed E-state index contributed by atoms with van der Waals surface area (Å²) in [5, 5.41) is 0. The minimum Gasteiger partial charge on any atom is -0.444 e. The van der Waals surface area contributed by atoms with Crippen molar-refractivity contribution in [3.63, 3.8) is 0 Å². The van der Waals surface area contributed by atoms with Crippen LogP contribution < -0.4 is 0 Å². The zero-order chi connectivity index (χ0) is 21.6. The van der Waals surface area contributed by atoms with Gasteiger partial charge in [0, 0.05) is 11.5 Å². The van der Waals surface area contributed by atoms with Crippen LogP contribution in [0.1, 0.15) is 49.5 Å². The largest absolute Gasteiger partial charge is 0.444 e. The normalized spacial score (nSPS) is 24.9. The molecule has 2 fully saturated rings. The lowest BCUT2D eigenvalue weighted by molar-refractivity contribution is -0.140. The van der Waals surface area contributed by atoms with E-state index in [0.717, 1.165) is 6.07 Å². The second kappa shape index (κ2) is 7.59. The number of ketones is 1. The molecule has 29 heavy (non-hydrogen) atoms. The van der Waals surface area contributed by atoms with Gasteiger partial charge in [0.2, 0.25) is 0 Å². The molecule has 0 spiro atoms. The molecule has 0 aliphatic carbocycles. The summed E-state index contributed by atoms with van der Waals surface area (Å²) < 4.78 is 63.0. The first-order chi connectivity index (χ1) is 13.4. The second-order valence-corrected chi connectivity index (χ2v) is 8.46. The van der Waals surface area contributed by atoms with E-state index >= 15 is 0 Å². The number of piperidine rings is 1. The van der Waals surface area contributed by atoms with E-state index in [1.165, 1.54) is 0 Å². The summed E-state index contributed by atoms with van der Waals surface area (Å²) in [4.78, 5) is 27.0. The molecule has 0 N–H and O–H groups in total. The molecule has 1 amide bonds. The number of fused-ring (bicyclic) bond motifs is 2. The molecule has 1 aromatic rings. The second-order valence-electron chi connectivity index (χ2n) is 8.46. The predicted molar refractivity (Wildman–Crippen MR) is 94.9 cm³/mol. The number of hydrogen-bond acceptors (Lipinski definition) is 4. The molecule has 9 heteroatoms. The van der Waals surface area contributed by atoms with Gasteiger partial charge in [-0.05, 0) is 45.7 Å². The zero-order valence-electron chi connectivity index (χ0n) is 16.4. The van der Waals surface area contributed by atoms with Crippen LogP contribution in [-0.4, -0.2) is 47.7 Å². The van der Waals surface area contributed by atoms with Gasteiger partial charge in [-0.2, -0.15) is 13.2 Å². The highest BCUT2D eigenvalue weighted by molar-refractivity contribution is 5.98. The highest BCUT2D eigenvalue weighted by Crippen LogP contribution is 2.36. The summed E-state index contributed by atoms with van der Waals surface area (Å²) in [6.07, 6.45) is -4.75. The Hall–Kier alpha value is -2.16. The van der Waals surface area contributed by atoms with Gasteiger partial charge in [-0.3, -0.25) is 9.69 Å². The van der Waals surface area contributed by atoms with Gasteiger partial charge >= 0.3 is 12.3 Å². The van der Waals surface area contributed by atoms with Crippen LogP contribution in [0.2, 0.25) is 0 Å². The molecule has 2 heterocycles. The third-order valence-electron chi connectivity index (χ3n) is 5.05. The minimum atomic E-state index is -4.82. The summed E-state index contributed by atoms with van der Waals surface area (Å²) in [5.41, 5.74) is -2.18. The standard InChI is InChI=1S/C20H23F4NO4/c1-19(2,3)29-18(27)25-13-6-12(7-14(25)10-28-9-13)17(26)11-4-5-15(16(21)8-11)20(22,23)24/h4-5,8,12-14H,6-7,9-10H2,1-3H3. The maximum Gasteiger partial charge on any atom is 0.419 e. The SMILES string of the molecule is CC(C)(C)OC(=O)N1C2COCC1CC(C(=O)c1ccc(C(F)(F)F)c(F)c1)C2. The molecule has 160 valence electrons. The predicted octanol–water partition coefficient (Wildman–Crippen LogP) is 4.44. The molecular formula is C20H23F4NO4. The first-order valence-electron chi connectivity index (χ1n) is 9.37. The lowest BCUT2D eigenvalue weighted by atomic mass is 9.80. The molecule has 1 aromatic carbocycles. The number of carbonyl (C=O) groups excluding carboxylic acids is 2. The molecular weight excluding hydrogens is 394 g/mol. The Morgan fingerprint density at radius 1 is 1.10 bits per heavy atom. The number of halogens is 4. The lowest BCUT2D eigenvalue weighted by Gasteiger charge is -2.47. The number of morpholine rings is 1. The van der Waals surface area contributed by atoms with E-state index in [1.54, 1.807) is 25.7 Å². The van der Waals surface area contributed by atoms with E-state index < -0.39 is 41.0 Å². The van der Waals surface area contributed by atoms with E-state index in [4.69, 9.17) is 9.47 Å². The molecule has 2 saturated heterocycles. The Morgan fingerprint density at radius 3 is 2.17 bits per heavy atom. The summed E-state index contributed by atoms with van der Waals surface area (Å²) >= 11 is 0. The topological polar surface area (TPSA) is 55.8 Å². The molecule has 3 rings (SSSR count). The van der Waals surface area contributed by atoms with Gasteiger partial charge in [-0.1, -0.05) is 6.07 Å². The van der Waals surface area contributed by atoms with Crippen LogP contribution in [0.15, 0.2) is 18.2 Å². The van der Waals surface area contributed by atoms with Gasteiger partial charge in [0.25, 0.3) is 0 Å². The Kier molecular flexibility index (Phi) is 5.64. The van der Waals surface area contributed by atoms with Crippen molar-refractivity contribution in [3.05, 3.63) is 35.1 Å². The fourth-order valence-corrected chi connectivity index (χ4v) is 3.88. The van der Waals surface area contributed by atoms with Crippen molar-refractivity contribution in [2.45, 2.75) is 57.5 Å². The van der Waals surface area contributed by atoms with Crippen LogP contribution in [0.25, 0.3) is 0 Å². The van der Waals surface area contributed by atoms with E-state index in [0.29, 0.717) is 12.1 Å². The van der Waals surface area contributed by atoms with Crippen molar-refractivity contribution in [3.8, 4) is 0 Å². The molecule has 5 nitrogen and oxygen atoms in total. The number of Topliss-reactive ketones (excluding diaryl/α,β-unsaturated/α-hetero) is 1. The Labute approximate surface area is 166 Å². The number of alkyl halides is 3. The summed E-state index contributed by atoms with van der Waals surface area (Å²) in [6, 6.07) is 1.46. The lowest BCUT2D eigenvalue weighted by Crippen LogP contribution is -2.60. The Bertz CT molecular complexity index is 789. The van der Waals surface area contributed by atoms with Crippen molar-refractivity contribution >= 4 is 11.9 Å². The quantitative estimate of drug-likeness (QED) is 0.527. The summed E-state index contributed by atoms with van der Waals surface area (Å²) in [5.74, 6) is -2.44. The molecule has 0 radical (unpaired) electrons. The average Bonchev–Trinajstić information content (AvgIpc) is 2.57. The third-order valence-corrected chi connectivity index (χ3v) is 5.05. The molecule has 2 aliphatic heterocycles. The summed E-state index contributed by atoms with van der Waals surface area (Å²) in [6.45, 7) is 5.74. The number of nitrogens with zero attached hydrogens (tertiary/aromatic N) is 1. The van der Waals surface area contributed by atoms with Crippen LogP contribution in [0.5, 0.6) is 0 Å². The number of rotatable bonds is 2. The first-order valence-corrected chi connectivity index (χ1v) is 9.37. The van der Waals surface area contributed by atoms with Gasteiger partial charge in [-0.25, -0.2) is 9.18 Å². The van der Waals surface area contributed by atoms with Gasteiger partial charge in [0.1, 0.15) is 11.4 Å².